The molecule has 1 saturated carbocycles. The lowest BCUT2D eigenvalue weighted by Crippen LogP contribution is -2.72. The summed E-state index contributed by atoms with van der Waals surface area (Å²) in [6.45, 7) is 4.40. The van der Waals surface area contributed by atoms with Crippen molar-refractivity contribution in [3.63, 3.8) is 0 Å². The summed E-state index contributed by atoms with van der Waals surface area (Å²) < 4.78 is 89.1. The Morgan fingerprint density at radius 1 is 0.521 bits per heavy atom. The Bertz CT molecular complexity index is 3530. The van der Waals surface area contributed by atoms with Crippen molar-refractivity contribution in [2.24, 2.45) is 0 Å². The minimum Gasteiger partial charge on any atom is -0.454 e. The SMILES string of the molecule is C=CCO[C@@H]1O[C@H](COCc2ccccc2)[C@@H](O[C@@H]2O[C@H](COCc3ccccc3)[C@@H](O[C@@H]3O[C@@H]4COC5(CCCCC5)O[C@H]4[C@H](O)[C@@H]3OC(C)=O)[C@H](OCc3ccccc3)[C@H]2N2C(=O)c3ccccc3C2=O)[C@H](OCc2ccccc2)[C@H]1N1C(=O)c2ccccc2C1=O. The number of imide groups is 2. The number of amides is 4. The normalized spacial score (nSPS) is 29.6. The van der Waals surface area contributed by atoms with E-state index in [0.717, 1.165) is 40.2 Å². The monoisotopic (exact) mass is 1280 g/mol. The molecule has 5 fully saturated rings. The van der Waals surface area contributed by atoms with E-state index in [0.29, 0.717) is 24.0 Å². The molecule has 7 aliphatic rings. The van der Waals surface area contributed by atoms with Crippen LogP contribution < -0.4 is 0 Å². The molecular formula is C73H76N2O19. The minimum absolute atomic E-state index is 0.00489. The third kappa shape index (κ3) is 13.9. The van der Waals surface area contributed by atoms with E-state index in [1.165, 1.54) is 13.0 Å². The zero-order chi connectivity index (χ0) is 64.7. The molecule has 1 N–H and O–H groups in total. The van der Waals surface area contributed by atoms with E-state index in [-0.39, 0.29) is 75.1 Å². The van der Waals surface area contributed by atoms with E-state index < -0.39 is 127 Å². The molecule has 4 saturated heterocycles. The first-order valence-corrected chi connectivity index (χ1v) is 32.1. The highest BCUT2D eigenvalue weighted by molar-refractivity contribution is 6.22. The molecule has 0 bridgehead atoms. The molecular weight excluding hydrogens is 1210 g/mol. The number of hydrogen-bond donors (Lipinski definition) is 1. The van der Waals surface area contributed by atoms with Crippen molar-refractivity contribution in [3.8, 4) is 0 Å². The second kappa shape index (κ2) is 29.5. The fourth-order valence-electron chi connectivity index (χ4n) is 13.7. The van der Waals surface area contributed by atoms with Gasteiger partial charge < -0.3 is 66.7 Å². The van der Waals surface area contributed by atoms with Crippen LogP contribution in [0.4, 0.5) is 0 Å². The highest BCUT2D eigenvalue weighted by Gasteiger charge is 2.62. The molecule has 0 unspecified atom stereocenters. The first-order chi connectivity index (χ1) is 46.0. The third-order valence-corrected chi connectivity index (χ3v) is 18.2. The summed E-state index contributed by atoms with van der Waals surface area (Å²) in [5.74, 6) is -4.49. The number of carbonyl (C=O) groups is 5. The Morgan fingerprint density at radius 2 is 0.936 bits per heavy atom. The van der Waals surface area contributed by atoms with Gasteiger partial charge in [-0.15, -0.1) is 6.58 Å². The number of aliphatic hydroxyl groups is 1. The average molecular weight is 1290 g/mol. The quantitative estimate of drug-likeness (QED) is 0.0340. The van der Waals surface area contributed by atoms with Crippen LogP contribution in [-0.4, -0.2) is 169 Å². The van der Waals surface area contributed by atoms with Gasteiger partial charge in [-0.05, 0) is 59.4 Å². The van der Waals surface area contributed by atoms with Crippen molar-refractivity contribution in [1.82, 2.24) is 9.80 Å². The van der Waals surface area contributed by atoms with Crippen molar-refractivity contribution >= 4 is 29.6 Å². The number of rotatable bonds is 24. The number of ether oxygens (including phenoxy) is 13. The van der Waals surface area contributed by atoms with Crippen molar-refractivity contribution in [1.29, 1.82) is 0 Å². The number of hydrogen-bond acceptors (Lipinski definition) is 19. The van der Waals surface area contributed by atoms with Gasteiger partial charge in [-0.3, -0.25) is 33.8 Å². The van der Waals surface area contributed by atoms with Crippen molar-refractivity contribution in [2.75, 3.05) is 26.4 Å². The van der Waals surface area contributed by atoms with Crippen LogP contribution in [0, 0.1) is 0 Å². The lowest BCUT2D eigenvalue weighted by atomic mass is 9.90. The van der Waals surface area contributed by atoms with Gasteiger partial charge in [0, 0.05) is 19.8 Å². The van der Waals surface area contributed by atoms with Gasteiger partial charge in [-0.1, -0.05) is 158 Å². The molecule has 21 nitrogen and oxygen atoms in total. The van der Waals surface area contributed by atoms with Gasteiger partial charge >= 0.3 is 5.97 Å². The standard InChI is InChI=1S/C73H76N2O19/c1-3-37-84-70-57(74-66(78)50-31-17-18-32-51(50)67(74)79)63(85-40-48-27-13-6-14-28-48)61(54(89-70)42-82-38-46-23-9-4-10-24-46)92-71-58(75-68(80)52-33-19-20-34-53(52)69(75)81)64(86-41-49-29-15-7-16-30-49)62(55(90-71)43-83-39-47-25-11-5-12-26-47)93-72-65(88-45(2)76)59(77)60-56(91-72)44-87-73(94-60)35-21-8-22-36-73/h3-7,9-20,23-34,54-65,70-72,77H,1,8,21-22,35-44H2,2H3/t54-,55-,56-,57-,58-,59+,60-,61-,62-,63-,64-,65+,70-,71+,72+/m1/s1. The highest BCUT2D eigenvalue weighted by atomic mass is 16.8. The van der Waals surface area contributed by atoms with Crippen LogP contribution >= 0.6 is 0 Å². The second-order valence-electron chi connectivity index (χ2n) is 24.4. The zero-order valence-corrected chi connectivity index (χ0v) is 52.0. The van der Waals surface area contributed by atoms with Crippen molar-refractivity contribution < 1.29 is 90.7 Å². The summed E-state index contributed by atoms with van der Waals surface area (Å²) in [4.78, 5) is 76.5. The first-order valence-electron chi connectivity index (χ1n) is 32.1. The van der Waals surface area contributed by atoms with E-state index >= 15 is 19.2 Å². The molecule has 15 atom stereocenters. The van der Waals surface area contributed by atoms with Gasteiger partial charge in [0.05, 0.1) is 75.1 Å². The molecule has 6 aromatic carbocycles. The van der Waals surface area contributed by atoms with Gasteiger partial charge in [0.2, 0.25) is 0 Å². The number of fused-ring (bicyclic) bond motifs is 3. The Hall–Kier alpha value is -7.71. The van der Waals surface area contributed by atoms with Crippen LogP contribution in [0.3, 0.4) is 0 Å². The van der Waals surface area contributed by atoms with Crippen LogP contribution in [-0.2, 0) is 92.8 Å². The Kier molecular flexibility index (Phi) is 20.4. The van der Waals surface area contributed by atoms with E-state index in [1.807, 2.05) is 121 Å². The molecule has 21 heteroatoms. The summed E-state index contributed by atoms with van der Waals surface area (Å²) in [7, 11) is 0. The Morgan fingerprint density at radius 3 is 1.38 bits per heavy atom. The van der Waals surface area contributed by atoms with Gasteiger partial charge in [-0.25, -0.2) is 0 Å². The van der Waals surface area contributed by atoms with E-state index in [2.05, 4.69) is 6.58 Å². The maximum absolute atomic E-state index is 15.5. The van der Waals surface area contributed by atoms with Crippen LogP contribution in [0.5, 0.6) is 0 Å². The lowest BCUT2D eigenvalue weighted by molar-refractivity contribution is -0.409. The molecule has 6 aliphatic heterocycles. The largest absolute Gasteiger partial charge is 0.454 e. The minimum atomic E-state index is -1.77. The molecule has 0 aromatic heterocycles. The van der Waals surface area contributed by atoms with Gasteiger partial charge in [0.15, 0.2) is 30.8 Å². The van der Waals surface area contributed by atoms with E-state index in [9.17, 15) is 9.90 Å². The average Bonchev–Trinajstić information content (AvgIpc) is 1.46. The lowest BCUT2D eigenvalue weighted by Gasteiger charge is -2.54. The van der Waals surface area contributed by atoms with Crippen molar-refractivity contribution in [3.05, 3.63) is 227 Å². The predicted octanol–water partition coefficient (Wildman–Crippen LogP) is 8.44. The summed E-state index contributed by atoms with van der Waals surface area (Å²) >= 11 is 0. The molecule has 6 heterocycles. The van der Waals surface area contributed by atoms with Gasteiger partial charge in [0.1, 0.15) is 67.0 Å². The van der Waals surface area contributed by atoms with Gasteiger partial charge in [-0.2, -0.15) is 0 Å². The van der Waals surface area contributed by atoms with Gasteiger partial charge in [0.25, 0.3) is 23.6 Å². The second-order valence-corrected chi connectivity index (χ2v) is 24.4. The molecule has 4 amide bonds. The van der Waals surface area contributed by atoms with E-state index in [4.69, 9.17) is 61.6 Å². The van der Waals surface area contributed by atoms with Crippen LogP contribution in [0.2, 0.25) is 0 Å². The molecule has 1 spiro atoms. The number of carbonyl (C=O) groups excluding carboxylic acids is 5. The topological polar surface area (TPSA) is 232 Å². The smallest absolute Gasteiger partial charge is 0.303 e. The number of nitrogens with zero attached hydrogens (tertiary/aromatic N) is 2. The fraction of sp³-hybridized carbons (Fsp3) is 0.411. The number of esters is 1. The zero-order valence-electron chi connectivity index (χ0n) is 52.0. The van der Waals surface area contributed by atoms with Crippen LogP contribution in [0.25, 0.3) is 0 Å². The van der Waals surface area contributed by atoms with Crippen LogP contribution in [0.15, 0.2) is 183 Å². The maximum atomic E-state index is 15.5. The first kappa shape index (κ1) is 65.0. The van der Waals surface area contributed by atoms with Crippen LogP contribution in [0.1, 0.15) is 103 Å². The predicted molar refractivity (Wildman–Crippen MR) is 334 cm³/mol. The summed E-state index contributed by atoms with van der Waals surface area (Å²) in [5, 5.41) is 12.5. The number of aliphatic hydroxyl groups excluding tert-OH is 1. The van der Waals surface area contributed by atoms with E-state index in [1.54, 1.807) is 48.5 Å². The fourth-order valence-corrected chi connectivity index (χ4v) is 13.7. The summed E-state index contributed by atoms with van der Waals surface area (Å²) in [5.41, 5.74) is 3.48. The molecule has 13 rings (SSSR count). The van der Waals surface area contributed by atoms with Crippen molar-refractivity contribution in [2.45, 2.75) is 163 Å². The Balaban J connectivity index is 0.957. The highest BCUT2D eigenvalue weighted by Crippen LogP contribution is 2.45. The third-order valence-electron chi connectivity index (χ3n) is 18.2. The molecule has 0 radical (unpaired) electrons. The maximum Gasteiger partial charge on any atom is 0.303 e. The molecule has 1 aliphatic carbocycles. The Labute approximate surface area is 544 Å². The molecule has 6 aromatic rings. The molecule has 94 heavy (non-hydrogen) atoms. The number of benzene rings is 6. The molecule has 492 valence electrons. The summed E-state index contributed by atoms with van der Waals surface area (Å²) in [6, 6.07) is 47.2. The summed E-state index contributed by atoms with van der Waals surface area (Å²) in [6.07, 6.45) is -12.8.